The molecule has 0 saturated heterocycles. The summed E-state index contributed by atoms with van der Waals surface area (Å²) in [5, 5.41) is 12.6. The van der Waals surface area contributed by atoms with Crippen molar-refractivity contribution in [2.45, 2.75) is 0 Å². The number of para-hydroxylation sites is 10. The lowest BCUT2D eigenvalue weighted by molar-refractivity contribution is 0.464. The van der Waals surface area contributed by atoms with Crippen molar-refractivity contribution < 1.29 is 28.4 Å². The monoisotopic (exact) mass is 1440 g/mol. The van der Waals surface area contributed by atoms with Gasteiger partial charge in [0.15, 0.2) is 0 Å². The Balaban J connectivity index is 0.0000000986. The number of ether oxygens (including phenoxy) is 6. The largest absolute Gasteiger partial charge is 0.458 e. The van der Waals surface area contributed by atoms with Gasteiger partial charge in [-0.05, 0) is 190 Å². The van der Waals surface area contributed by atoms with Crippen molar-refractivity contribution in [3.63, 3.8) is 0 Å². The molecule has 11 heteroatoms. The Labute approximate surface area is 651 Å². The fourth-order valence-corrected chi connectivity index (χ4v) is 18.9. The molecule has 26 rings (SSSR count). The molecule has 0 bridgehead atoms. The van der Waals surface area contributed by atoms with Crippen molar-refractivity contribution in [2.24, 2.45) is 0 Å². The zero-order valence-corrected chi connectivity index (χ0v) is 60.8. The number of aromatic nitrogens is 2. The van der Waals surface area contributed by atoms with E-state index in [4.69, 9.17) is 28.4 Å². The first-order valence-electron chi connectivity index (χ1n) is 38.6. The Bertz CT molecular complexity index is 7100. The molecule has 0 radical (unpaired) electrons. The number of nitrogens with zero attached hydrogens (tertiary/aromatic N) is 2. The Hall–Kier alpha value is -14.7. The summed E-state index contributed by atoms with van der Waals surface area (Å²) in [6, 6.07) is 130. The van der Waals surface area contributed by atoms with E-state index in [9.17, 15) is 0 Å². The van der Waals surface area contributed by atoms with E-state index in [2.05, 4.69) is 343 Å². The smallest absolute Gasteiger partial charge is 0.260 e. The molecule has 113 heavy (non-hydrogen) atoms. The molecule has 0 amide bonds. The second kappa shape index (κ2) is 24.9. The molecule has 0 atom stereocenters. The van der Waals surface area contributed by atoms with Gasteiger partial charge in [-0.1, -0.05) is 255 Å². The Morgan fingerprint density at radius 3 is 0.726 bits per heavy atom. The first kappa shape index (κ1) is 63.3. The highest BCUT2D eigenvalue weighted by Gasteiger charge is 2.44. The van der Waals surface area contributed by atoms with E-state index in [1.165, 1.54) is 109 Å². The highest BCUT2D eigenvalue weighted by Crippen LogP contribution is 2.45. The van der Waals surface area contributed by atoms with Gasteiger partial charge in [-0.2, -0.15) is 0 Å². The number of benzene rings is 18. The fraction of sp³-hybridized carbons (Fsp3) is 0. The van der Waals surface area contributed by atoms with Crippen LogP contribution in [0.15, 0.2) is 370 Å². The van der Waals surface area contributed by atoms with Crippen LogP contribution in [0.1, 0.15) is 0 Å². The molecule has 0 saturated carbocycles. The van der Waals surface area contributed by atoms with Crippen molar-refractivity contribution in [3.8, 4) is 103 Å². The second-order valence-corrected chi connectivity index (χ2v) is 29.9. The highest BCUT2D eigenvalue weighted by molar-refractivity contribution is 6.99. The van der Waals surface area contributed by atoms with Crippen molar-refractivity contribution in [3.05, 3.63) is 370 Å². The molecule has 0 aliphatic carbocycles. The van der Waals surface area contributed by atoms with Crippen LogP contribution in [0.3, 0.4) is 0 Å². The van der Waals surface area contributed by atoms with E-state index < -0.39 is 0 Å². The highest BCUT2D eigenvalue weighted by atomic mass is 16.5. The van der Waals surface area contributed by atoms with Crippen molar-refractivity contribution in [1.29, 1.82) is 0 Å². The molecule has 18 aromatic carbocycles. The van der Waals surface area contributed by atoms with Crippen LogP contribution in [-0.2, 0) is 0 Å². The second-order valence-electron chi connectivity index (χ2n) is 29.9. The standard InChI is InChI=1S/C36H22BNO2.C36H21BO2.C30H18BNO2/c1-5-13-30-26(9-1)27-10-2-6-14-31(27)38(30)25-19-17-23(18-20-25)24-21-34-36-35(22-24)40-33-16-8-4-12-29(33)37(36)28-11-3-7-15-32(28)39-34;1-2-11-26-24(9-1)25-10-3-4-12-27(25)29-19-22(17-18-28(26)29)23-20-34-36-35(21-23)39-33-16-8-6-14-31(33)37(36)30-13-5-7-15-32(30)38-34;1-5-13-24-20(9-1)21-10-2-6-14-25(21)32(24)19-17-28-30-29(18-19)34-27-16-8-4-12-23(27)31(30)22-11-3-7-15-26(22)33-28/h1-22H;1-21H;1-18H. The van der Waals surface area contributed by atoms with Gasteiger partial charge in [0.1, 0.15) is 69.0 Å². The average molecular weight is 1440 g/mol. The summed E-state index contributed by atoms with van der Waals surface area (Å²) < 4.78 is 43.7. The van der Waals surface area contributed by atoms with Crippen LogP contribution in [0.25, 0.3) is 110 Å². The molecule has 0 spiro atoms. The molecule has 6 aliphatic heterocycles. The zero-order valence-electron chi connectivity index (χ0n) is 60.8. The fourth-order valence-electron chi connectivity index (χ4n) is 18.9. The van der Waals surface area contributed by atoms with Crippen LogP contribution in [0.2, 0.25) is 0 Å². The lowest BCUT2D eigenvalue weighted by Crippen LogP contribution is -2.57. The van der Waals surface area contributed by atoms with Crippen molar-refractivity contribution >= 4 is 145 Å². The number of hydrogen-bond acceptors (Lipinski definition) is 6. The minimum atomic E-state index is 0.0888. The summed E-state index contributed by atoms with van der Waals surface area (Å²) >= 11 is 0. The van der Waals surface area contributed by atoms with Gasteiger partial charge < -0.3 is 37.6 Å². The Kier molecular flexibility index (Phi) is 14.0. The van der Waals surface area contributed by atoms with Gasteiger partial charge in [0.05, 0.1) is 27.8 Å². The van der Waals surface area contributed by atoms with Gasteiger partial charge >= 0.3 is 0 Å². The minimum absolute atomic E-state index is 0.0888. The van der Waals surface area contributed by atoms with Gasteiger partial charge in [0, 0.05) is 55.8 Å². The summed E-state index contributed by atoms with van der Waals surface area (Å²) in [4.78, 5) is 0. The molecule has 8 heterocycles. The van der Waals surface area contributed by atoms with Crippen LogP contribution in [0.5, 0.6) is 69.0 Å². The topological polar surface area (TPSA) is 65.2 Å². The molecule has 0 unspecified atom stereocenters. The Morgan fingerprint density at radius 2 is 0.398 bits per heavy atom. The van der Waals surface area contributed by atoms with E-state index in [1.807, 2.05) is 36.4 Å². The van der Waals surface area contributed by atoms with E-state index >= 15 is 0 Å². The van der Waals surface area contributed by atoms with Crippen LogP contribution in [-0.4, -0.2) is 29.3 Å². The van der Waals surface area contributed by atoms with Crippen LogP contribution in [0, 0.1) is 0 Å². The van der Waals surface area contributed by atoms with E-state index in [0.29, 0.717) is 0 Å². The van der Waals surface area contributed by atoms with Crippen molar-refractivity contribution in [2.75, 3.05) is 0 Å². The number of fused-ring (bicyclic) bond motifs is 24. The lowest BCUT2D eigenvalue weighted by Gasteiger charge is -2.33. The van der Waals surface area contributed by atoms with Gasteiger partial charge in [0.25, 0.3) is 20.1 Å². The summed E-state index contributed by atoms with van der Waals surface area (Å²) in [5.74, 6) is 10.6. The number of rotatable bonds is 4. The van der Waals surface area contributed by atoms with Crippen LogP contribution in [0.4, 0.5) is 0 Å². The Morgan fingerprint density at radius 1 is 0.159 bits per heavy atom. The third kappa shape index (κ3) is 9.81. The first-order chi connectivity index (χ1) is 56.0. The third-order valence-electron chi connectivity index (χ3n) is 23.8. The van der Waals surface area contributed by atoms with Gasteiger partial charge in [-0.15, -0.1) is 0 Å². The lowest BCUT2D eigenvalue weighted by atomic mass is 9.35. The normalized spacial score (nSPS) is 13.0. The van der Waals surface area contributed by atoms with Crippen molar-refractivity contribution in [1.82, 2.24) is 9.13 Å². The maximum Gasteiger partial charge on any atom is 0.260 e. The predicted octanol–water partition coefficient (Wildman–Crippen LogP) is 20.2. The van der Waals surface area contributed by atoms with Gasteiger partial charge in [-0.25, -0.2) is 0 Å². The quantitative estimate of drug-likeness (QED) is 0.129. The first-order valence-corrected chi connectivity index (χ1v) is 38.6. The maximum absolute atomic E-state index is 6.54. The zero-order chi connectivity index (χ0) is 73.9. The summed E-state index contributed by atoms with van der Waals surface area (Å²) in [5.41, 5.74) is 21.7. The molecule has 20 aromatic rings. The maximum atomic E-state index is 6.54. The molecule has 2 aromatic heterocycles. The van der Waals surface area contributed by atoms with E-state index in [-0.39, 0.29) is 20.1 Å². The van der Waals surface area contributed by atoms with E-state index in [0.717, 1.165) is 119 Å². The molecule has 0 fully saturated rings. The average Bonchev–Trinajstić information content (AvgIpc) is 1.58. The van der Waals surface area contributed by atoms with Gasteiger partial charge in [-0.3, -0.25) is 0 Å². The minimum Gasteiger partial charge on any atom is -0.458 e. The van der Waals surface area contributed by atoms with Crippen LogP contribution >= 0.6 is 0 Å². The van der Waals surface area contributed by atoms with Crippen LogP contribution < -0.4 is 77.6 Å². The SMILES string of the molecule is c1ccc2c(c1)Oc1cc(-c3ccc(-n4c5ccccc5c5ccccc54)cc3)cc3c1B2c1ccccc1O3.c1ccc2c(c1)Oc1cc(-c3ccc4c5ccccc5c5ccccc5c4c3)cc3c1B2c1ccccc1O3.c1ccc2c(c1)Oc1cc(-n3c4ccccc4c4ccccc43)cc3c1B2c1ccccc1O3. The number of hydrogen-bond donors (Lipinski definition) is 0. The molecule has 524 valence electrons. The molecule has 8 nitrogen and oxygen atoms in total. The third-order valence-corrected chi connectivity index (χ3v) is 23.8. The summed E-state index contributed by atoms with van der Waals surface area (Å²) in [6.45, 7) is 0.268. The van der Waals surface area contributed by atoms with Gasteiger partial charge in [0.2, 0.25) is 0 Å². The molecular weight excluding hydrogens is 1380 g/mol. The summed E-state index contributed by atoms with van der Waals surface area (Å²) in [6.07, 6.45) is 0. The predicted molar refractivity (Wildman–Crippen MR) is 464 cm³/mol. The van der Waals surface area contributed by atoms with E-state index in [1.54, 1.807) is 0 Å². The molecule has 6 aliphatic rings. The summed E-state index contributed by atoms with van der Waals surface area (Å²) in [7, 11) is 0. The molecular formula is C102H61B3N2O6. The molecule has 0 N–H and O–H groups in total.